The summed E-state index contributed by atoms with van der Waals surface area (Å²) in [5.41, 5.74) is 6.47. The number of likely N-dealkylation sites (tertiary alicyclic amines) is 1. The molecule has 0 spiro atoms. The van der Waals surface area contributed by atoms with Crippen LogP contribution in [0.2, 0.25) is 0 Å². The summed E-state index contributed by atoms with van der Waals surface area (Å²) in [6.07, 6.45) is 1.51. The van der Waals surface area contributed by atoms with Gasteiger partial charge in [-0.25, -0.2) is 0 Å². The number of amides is 2. The highest BCUT2D eigenvalue weighted by molar-refractivity contribution is 5.82. The highest BCUT2D eigenvalue weighted by atomic mass is 16.5. The highest BCUT2D eigenvalue weighted by Crippen LogP contribution is 2.18. The Morgan fingerprint density at radius 1 is 1.39 bits per heavy atom. The lowest BCUT2D eigenvalue weighted by Crippen LogP contribution is -2.45. The number of nitrogens with zero attached hydrogens (tertiary/aromatic N) is 1. The molecule has 3 N–H and O–H groups in total. The van der Waals surface area contributed by atoms with E-state index in [-0.39, 0.29) is 23.8 Å². The Bertz CT molecular complexity index is 545. The Morgan fingerprint density at radius 2 is 2.09 bits per heavy atom. The topological polar surface area (TPSA) is 84.7 Å². The fourth-order valence-electron chi connectivity index (χ4n) is 2.81. The monoisotopic (exact) mass is 319 g/mol. The number of carbonyl (C=O) groups is 2. The van der Waals surface area contributed by atoms with Crippen LogP contribution in [0.5, 0.6) is 5.75 Å². The highest BCUT2D eigenvalue weighted by Gasteiger charge is 2.31. The first-order valence-electron chi connectivity index (χ1n) is 7.95. The molecule has 0 bridgehead atoms. The molecule has 0 radical (unpaired) electrons. The molecule has 1 aliphatic heterocycles. The maximum atomic E-state index is 12.2. The molecule has 0 saturated carbocycles. The summed E-state index contributed by atoms with van der Waals surface area (Å²) in [6, 6.07) is 7.57. The van der Waals surface area contributed by atoms with E-state index in [0.29, 0.717) is 13.1 Å². The molecular weight excluding hydrogens is 294 g/mol. The molecule has 1 fully saturated rings. The van der Waals surface area contributed by atoms with Crippen molar-refractivity contribution in [1.82, 2.24) is 10.2 Å². The second-order valence-corrected chi connectivity index (χ2v) is 5.95. The number of hydrogen-bond donors (Lipinski definition) is 2. The van der Waals surface area contributed by atoms with Gasteiger partial charge in [-0.3, -0.25) is 14.5 Å². The zero-order valence-electron chi connectivity index (χ0n) is 13.7. The van der Waals surface area contributed by atoms with Crippen molar-refractivity contribution in [1.29, 1.82) is 0 Å². The second kappa shape index (κ2) is 7.97. The minimum Gasteiger partial charge on any atom is -0.497 e. The van der Waals surface area contributed by atoms with Gasteiger partial charge in [0.2, 0.25) is 11.8 Å². The van der Waals surface area contributed by atoms with Crippen LogP contribution in [0, 0.1) is 5.92 Å². The number of carbonyl (C=O) groups excluding carboxylic acids is 2. The molecule has 23 heavy (non-hydrogen) atoms. The van der Waals surface area contributed by atoms with Gasteiger partial charge in [0.05, 0.1) is 19.1 Å². The minimum absolute atomic E-state index is 0.0105. The van der Waals surface area contributed by atoms with Crippen LogP contribution in [-0.2, 0) is 16.0 Å². The molecule has 1 aliphatic rings. The van der Waals surface area contributed by atoms with Crippen molar-refractivity contribution in [2.45, 2.75) is 25.8 Å². The molecule has 2 amide bonds. The van der Waals surface area contributed by atoms with Crippen molar-refractivity contribution in [3.8, 4) is 5.75 Å². The summed E-state index contributed by atoms with van der Waals surface area (Å²) < 4.78 is 5.12. The van der Waals surface area contributed by atoms with Crippen LogP contribution >= 0.6 is 0 Å². The van der Waals surface area contributed by atoms with Crippen molar-refractivity contribution in [2.24, 2.45) is 11.7 Å². The summed E-state index contributed by atoms with van der Waals surface area (Å²) in [6.45, 7) is 3.76. The van der Waals surface area contributed by atoms with Gasteiger partial charge in [0.15, 0.2) is 0 Å². The molecule has 2 rings (SSSR count). The van der Waals surface area contributed by atoms with E-state index in [2.05, 4.69) is 5.32 Å². The first-order chi connectivity index (χ1) is 11.0. The van der Waals surface area contributed by atoms with Gasteiger partial charge in [-0.15, -0.1) is 0 Å². The number of ether oxygens (including phenoxy) is 1. The molecule has 126 valence electrons. The Kier molecular flexibility index (Phi) is 5.98. The Hall–Kier alpha value is -2.08. The number of rotatable bonds is 7. The molecule has 1 heterocycles. The van der Waals surface area contributed by atoms with Crippen LogP contribution < -0.4 is 15.8 Å². The summed E-state index contributed by atoms with van der Waals surface area (Å²) in [5.74, 6) is 0.400. The molecular formula is C17H25N3O3. The number of benzene rings is 1. The van der Waals surface area contributed by atoms with Gasteiger partial charge in [0, 0.05) is 13.1 Å². The zero-order chi connectivity index (χ0) is 16.8. The molecule has 2 atom stereocenters. The normalized spacial score (nSPS) is 19.3. The average molecular weight is 319 g/mol. The molecule has 6 nitrogen and oxygen atoms in total. The summed E-state index contributed by atoms with van der Waals surface area (Å²) in [5, 5.41) is 2.95. The van der Waals surface area contributed by atoms with Gasteiger partial charge < -0.3 is 15.8 Å². The molecule has 6 heteroatoms. The van der Waals surface area contributed by atoms with Gasteiger partial charge in [-0.05, 0) is 44.0 Å². The van der Waals surface area contributed by atoms with Crippen molar-refractivity contribution in [3.05, 3.63) is 29.8 Å². The van der Waals surface area contributed by atoms with Gasteiger partial charge in [-0.2, -0.15) is 0 Å². The predicted molar refractivity (Wildman–Crippen MR) is 88.0 cm³/mol. The Balaban J connectivity index is 1.74. The lowest BCUT2D eigenvalue weighted by molar-refractivity contribution is -0.126. The van der Waals surface area contributed by atoms with E-state index >= 15 is 0 Å². The van der Waals surface area contributed by atoms with E-state index in [9.17, 15) is 9.59 Å². The fraction of sp³-hybridized carbons (Fsp3) is 0.529. The van der Waals surface area contributed by atoms with E-state index in [1.54, 1.807) is 7.11 Å². The summed E-state index contributed by atoms with van der Waals surface area (Å²) in [4.78, 5) is 25.4. The van der Waals surface area contributed by atoms with Crippen LogP contribution in [0.15, 0.2) is 24.3 Å². The van der Waals surface area contributed by atoms with Gasteiger partial charge in [0.1, 0.15) is 5.75 Å². The third-order valence-electron chi connectivity index (χ3n) is 4.42. The first kappa shape index (κ1) is 17.3. The number of hydrogen-bond acceptors (Lipinski definition) is 4. The predicted octanol–water partition coefficient (Wildman–Crippen LogP) is 0.550. The van der Waals surface area contributed by atoms with E-state index in [1.165, 1.54) is 0 Å². The molecule has 1 saturated heterocycles. The molecule has 0 aliphatic carbocycles. The largest absolute Gasteiger partial charge is 0.497 e. The third-order valence-corrected chi connectivity index (χ3v) is 4.42. The van der Waals surface area contributed by atoms with E-state index in [4.69, 9.17) is 10.5 Å². The SMILES string of the molecule is COc1ccc(CCNC(=O)[C@H](C)N2CC[C@@H](C(N)=O)C2)cc1. The van der Waals surface area contributed by atoms with Crippen molar-refractivity contribution in [2.75, 3.05) is 26.7 Å². The number of nitrogens with one attached hydrogen (secondary N) is 1. The standard InChI is InChI=1S/C17H25N3O3/c1-12(20-10-8-14(11-20)16(18)21)17(22)19-9-7-13-3-5-15(23-2)6-4-13/h3-6,12,14H,7-11H2,1-2H3,(H2,18,21)(H,19,22)/t12-,14+/m0/s1. The third kappa shape index (κ3) is 4.69. The smallest absolute Gasteiger partial charge is 0.237 e. The first-order valence-corrected chi connectivity index (χ1v) is 7.95. The summed E-state index contributed by atoms with van der Waals surface area (Å²) in [7, 11) is 1.64. The van der Waals surface area contributed by atoms with Crippen LogP contribution in [0.3, 0.4) is 0 Å². The van der Waals surface area contributed by atoms with Crippen LogP contribution in [0.4, 0.5) is 0 Å². The Morgan fingerprint density at radius 3 is 2.65 bits per heavy atom. The van der Waals surface area contributed by atoms with Crippen molar-refractivity contribution >= 4 is 11.8 Å². The second-order valence-electron chi connectivity index (χ2n) is 5.95. The molecule has 0 aromatic heterocycles. The van der Waals surface area contributed by atoms with Crippen LogP contribution in [0.1, 0.15) is 18.9 Å². The summed E-state index contributed by atoms with van der Waals surface area (Å²) >= 11 is 0. The molecule has 1 aromatic carbocycles. The van der Waals surface area contributed by atoms with Gasteiger partial charge in [0.25, 0.3) is 0 Å². The lowest BCUT2D eigenvalue weighted by Gasteiger charge is -2.23. The molecule has 1 aromatic rings. The Labute approximate surface area is 137 Å². The molecule has 0 unspecified atom stereocenters. The van der Waals surface area contributed by atoms with Crippen LogP contribution in [0.25, 0.3) is 0 Å². The number of methoxy groups -OCH3 is 1. The van der Waals surface area contributed by atoms with Crippen molar-refractivity contribution < 1.29 is 14.3 Å². The number of nitrogens with two attached hydrogens (primary N) is 1. The number of primary amides is 1. The lowest BCUT2D eigenvalue weighted by atomic mass is 10.1. The van der Waals surface area contributed by atoms with Crippen LogP contribution in [-0.4, -0.2) is 49.5 Å². The minimum atomic E-state index is -0.278. The maximum Gasteiger partial charge on any atom is 0.237 e. The average Bonchev–Trinajstić information content (AvgIpc) is 3.05. The maximum absolute atomic E-state index is 12.2. The van der Waals surface area contributed by atoms with Crippen molar-refractivity contribution in [3.63, 3.8) is 0 Å². The van der Waals surface area contributed by atoms with Gasteiger partial charge in [-0.1, -0.05) is 12.1 Å². The quantitative estimate of drug-likeness (QED) is 0.769. The van der Waals surface area contributed by atoms with E-state index < -0.39 is 0 Å². The van der Waals surface area contributed by atoms with E-state index in [1.807, 2.05) is 36.1 Å². The fourth-order valence-corrected chi connectivity index (χ4v) is 2.81. The zero-order valence-corrected chi connectivity index (χ0v) is 13.7. The van der Waals surface area contributed by atoms with E-state index in [0.717, 1.165) is 30.7 Å². The van der Waals surface area contributed by atoms with Gasteiger partial charge >= 0.3 is 0 Å².